The SMILES string of the molecule is CC1CCN(CCCOc2cccc(CN)c2)CC1O. The van der Waals surface area contributed by atoms with Crippen LogP contribution in [0.5, 0.6) is 5.75 Å². The fourth-order valence-corrected chi connectivity index (χ4v) is 2.56. The maximum atomic E-state index is 9.86. The average Bonchev–Trinajstić information content (AvgIpc) is 2.47. The van der Waals surface area contributed by atoms with Gasteiger partial charge < -0.3 is 20.5 Å². The molecule has 2 unspecified atom stereocenters. The van der Waals surface area contributed by atoms with Crippen molar-refractivity contribution in [3.63, 3.8) is 0 Å². The predicted octanol–water partition coefficient (Wildman–Crippen LogP) is 1.62. The van der Waals surface area contributed by atoms with E-state index in [4.69, 9.17) is 10.5 Å². The highest BCUT2D eigenvalue weighted by Gasteiger charge is 2.23. The lowest BCUT2D eigenvalue weighted by Crippen LogP contribution is -2.43. The number of ether oxygens (including phenoxy) is 1. The van der Waals surface area contributed by atoms with Gasteiger partial charge in [0.25, 0.3) is 0 Å². The number of hydrogen-bond donors (Lipinski definition) is 2. The summed E-state index contributed by atoms with van der Waals surface area (Å²) < 4.78 is 5.74. The lowest BCUT2D eigenvalue weighted by atomic mass is 9.96. The second-order valence-corrected chi connectivity index (χ2v) is 5.69. The van der Waals surface area contributed by atoms with Crippen LogP contribution in [0, 0.1) is 5.92 Å². The first kappa shape index (κ1) is 15.3. The Hall–Kier alpha value is -1.10. The number of nitrogens with zero attached hydrogens (tertiary/aromatic N) is 1. The molecule has 3 N–H and O–H groups in total. The zero-order valence-electron chi connectivity index (χ0n) is 12.3. The molecule has 2 rings (SSSR count). The summed E-state index contributed by atoms with van der Waals surface area (Å²) in [5.41, 5.74) is 6.70. The van der Waals surface area contributed by atoms with Crippen molar-refractivity contribution in [3.8, 4) is 5.75 Å². The largest absolute Gasteiger partial charge is 0.494 e. The van der Waals surface area contributed by atoms with Crippen LogP contribution in [-0.2, 0) is 6.54 Å². The quantitative estimate of drug-likeness (QED) is 0.776. The van der Waals surface area contributed by atoms with Crippen LogP contribution >= 0.6 is 0 Å². The van der Waals surface area contributed by atoms with Crippen molar-refractivity contribution in [3.05, 3.63) is 29.8 Å². The highest BCUT2D eigenvalue weighted by molar-refractivity contribution is 5.28. The fraction of sp³-hybridized carbons (Fsp3) is 0.625. The molecule has 20 heavy (non-hydrogen) atoms. The standard InChI is InChI=1S/C16H26N2O2/c1-13-6-8-18(12-16(13)19)7-3-9-20-15-5-2-4-14(10-15)11-17/h2,4-5,10,13,16,19H,3,6-9,11-12,17H2,1H3. The minimum absolute atomic E-state index is 0.175. The van der Waals surface area contributed by atoms with Crippen molar-refractivity contribution in [1.82, 2.24) is 4.90 Å². The topological polar surface area (TPSA) is 58.7 Å². The molecule has 0 aromatic heterocycles. The first-order valence-electron chi connectivity index (χ1n) is 7.51. The summed E-state index contributed by atoms with van der Waals surface area (Å²) in [6.07, 6.45) is 1.89. The minimum atomic E-state index is -0.175. The molecule has 1 heterocycles. The van der Waals surface area contributed by atoms with Crippen LogP contribution in [0.2, 0.25) is 0 Å². The van der Waals surface area contributed by atoms with Crippen molar-refractivity contribution in [1.29, 1.82) is 0 Å². The van der Waals surface area contributed by atoms with Crippen LogP contribution in [0.4, 0.5) is 0 Å². The van der Waals surface area contributed by atoms with Crippen LogP contribution in [0.3, 0.4) is 0 Å². The number of aliphatic hydroxyl groups excluding tert-OH is 1. The molecule has 0 aliphatic carbocycles. The van der Waals surface area contributed by atoms with Gasteiger partial charge in [0.1, 0.15) is 5.75 Å². The van der Waals surface area contributed by atoms with Gasteiger partial charge in [-0.3, -0.25) is 0 Å². The van der Waals surface area contributed by atoms with Gasteiger partial charge in [0.05, 0.1) is 12.7 Å². The van der Waals surface area contributed by atoms with Crippen molar-refractivity contribution in [2.24, 2.45) is 11.7 Å². The van der Waals surface area contributed by atoms with Crippen LogP contribution in [0.25, 0.3) is 0 Å². The first-order chi connectivity index (χ1) is 9.69. The normalized spacial score (nSPS) is 23.8. The average molecular weight is 278 g/mol. The number of nitrogens with two attached hydrogens (primary N) is 1. The molecule has 1 aliphatic rings. The molecule has 1 aromatic carbocycles. The molecule has 112 valence electrons. The molecule has 0 bridgehead atoms. The molecular formula is C16H26N2O2. The molecule has 1 saturated heterocycles. The van der Waals surface area contributed by atoms with Gasteiger partial charge in [0, 0.05) is 19.6 Å². The Kier molecular flexibility index (Phi) is 5.83. The number of hydrogen-bond acceptors (Lipinski definition) is 4. The Balaban J connectivity index is 1.66. The number of piperidine rings is 1. The minimum Gasteiger partial charge on any atom is -0.494 e. The van der Waals surface area contributed by atoms with Gasteiger partial charge in [-0.05, 0) is 43.0 Å². The Bertz CT molecular complexity index is 411. The Morgan fingerprint density at radius 2 is 2.30 bits per heavy atom. The summed E-state index contributed by atoms with van der Waals surface area (Å²) >= 11 is 0. The zero-order chi connectivity index (χ0) is 14.4. The zero-order valence-corrected chi connectivity index (χ0v) is 12.3. The third-order valence-corrected chi connectivity index (χ3v) is 4.02. The lowest BCUT2D eigenvalue weighted by molar-refractivity contribution is 0.0275. The lowest BCUT2D eigenvalue weighted by Gasteiger charge is -2.34. The monoisotopic (exact) mass is 278 g/mol. The van der Waals surface area contributed by atoms with E-state index in [-0.39, 0.29) is 6.10 Å². The molecule has 4 heteroatoms. The van der Waals surface area contributed by atoms with Crippen molar-refractivity contribution in [2.75, 3.05) is 26.2 Å². The molecule has 2 atom stereocenters. The van der Waals surface area contributed by atoms with E-state index in [2.05, 4.69) is 11.8 Å². The van der Waals surface area contributed by atoms with E-state index in [1.807, 2.05) is 24.3 Å². The molecule has 1 fully saturated rings. The summed E-state index contributed by atoms with van der Waals surface area (Å²) in [7, 11) is 0. The van der Waals surface area contributed by atoms with Crippen molar-refractivity contribution >= 4 is 0 Å². The van der Waals surface area contributed by atoms with Crippen LogP contribution < -0.4 is 10.5 Å². The fourth-order valence-electron chi connectivity index (χ4n) is 2.56. The van der Waals surface area contributed by atoms with Gasteiger partial charge in [0.2, 0.25) is 0 Å². The Morgan fingerprint density at radius 1 is 1.45 bits per heavy atom. The van der Waals surface area contributed by atoms with Gasteiger partial charge in [-0.25, -0.2) is 0 Å². The third kappa shape index (κ3) is 4.47. The molecule has 0 spiro atoms. The van der Waals surface area contributed by atoms with Crippen molar-refractivity contribution < 1.29 is 9.84 Å². The van der Waals surface area contributed by atoms with E-state index in [9.17, 15) is 5.11 Å². The number of rotatable bonds is 6. The summed E-state index contributed by atoms with van der Waals surface area (Å²) in [5.74, 6) is 1.32. The third-order valence-electron chi connectivity index (χ3n) is 4.02. The smallest absolute Gasteiger partial charge is 0.119 e. The molecule has 0 radical (unpaired) electrons. The van der Waals surface area contributed by atoms with E-state index in [1.165, 1.54) is 0 Å². The van der Waals surface area contributed by atoms with Crippen LogP contribution in [0.15, 0.2) is 24.3 Å². The Morgan fingerprint density at radius 3 is 3.05 bits per heavy atom. The van der Waals surface area contributed by atoms with Gasteiger partial charge in [-0.2, -0.15) is 0 Å². The molecule has 1 aromatic rings. The van der Waals surface area contributed by atoms with E-state index in [0.29, 0.717) is 19.1 Å². The highest BCUT2D eigenvalue weighted by Crippen LogP contribution is 2.17. The molecule has 1 aliphatic heterocycles. The van der Waals surface area contributed by atoms with Crippen LogP contribution in [-0.4, -0.2) is 42.4 Å². The van der Waals surface area contributed by atoms with Gasteiger partial charge >= 0.3 is 0 Å². The van der Waals surface area contributed by atoms with E-state index in [0.717, 1.165) is 43.8 Å². The summed E-state index contributed by atoms with van der Waals surface area (Å²) in [5, 5.41) is 9.86. The summed E-state index contributed by atoms with van der Waals surface area (Å²) in [6.45, 7) is 6.23. The molecule has 0 saturated carbocycles. The Labute approximate surface area is 121 Å². The maximum Gasteiger partial charge on any atom is 0.119 e. The van der Waals surface area contributed by atoms with Gasteiger partial charge in [-0.1, -0.05) is 19.1 Å². The second-order valence-electron chi connectivity index (χ2n) is 5.69. The summed E-state index contributed by atoms with van der Waals surface area (Å²) in [4.78, 5) is 2.32. The molecule has 4 nitrogen and oxygen atoms in total. The van der Waals surface area contributed by atoms with Crippen molar-refractivity contribution in [2.45, 2.75) is 32.4 Å². The maximum absolute atomic E-state index is 9.86. The summed E-state index contributed by atoms with van der Waals surface area (Å²) in [6, 6.07) is 7.93. The predicted molar refractivity (Wildman–Crippen MR) is 80.7 cm³/mol. The van der Waals surface area contributed by atoms with Crippen LogP contribution in [0.1, 0.15) is 25.3 Å². The highest BCUT2D eigenvalue weighted by atomic mass is 16.5. The first-order valence-corrected chi connectivity index (χ1v) is 7.51. The number of benzene rings is 1. The number of β-amino-alcohol motifs (C(OH)–C–C–N with tert-alkyl or cyclic N) is 1. The number of likely N-dealkylation sites (tertiary alicyclic amines) is 1. The van der Waals surface area contributed by atoms with E-state index >= 15 is 0 Å². The van der Waals surface area contributed by atoms with E-state index < -0.39 is 0 Å². The molecule has 0 amide bonds. The van der Waals surface area contributed by atoms with Gasteiger partial charge in [-0.15, -0.1) is 0 Å². The molecular weight excluding hydrogens is 252 g/mol. The van der Waals surface area contributed by atoms with Gasteiger partial charge in [0.15, 0.2) is 0 Å². The second kappa shape index (κ2) is 7.62. The van der Waals surface area contributed by atoms with E-state index in [1.54, 1.807) is 0 Å². The number of aliphatic hydroxyl groups is 1.